The molecule has 1 saturated heterocycles. The summed E-state index contributed by atoms with van der Waals surface area (Å²) in [4.78, 5) is 12.2. The van der Waals surface area contributed by atoms with E-state index in [4.69, 9.17) is 28.9 Å². The van der Waals surface area contributed by atoms with Crippen molar-refractivity contribution in [1.29, 1.82) is 0 Å². The molecule has 3 N–H and O–H groups in total. The van der Waals surface area contributed by atoms with Crippen molar-refractivity contribution in [3.63, 3.8) is 0 Å². The topological polar surface area (TPSA) is 89.3 Å². The van der Waals surface area contributed by atoms with E-state index < -0.39 is 21.3 Å². The van der Waals surface area contributed by atoms with Gasteiger partial charge in [-0.3, -0.25) is 4.79 Å². The molecule has 2 rings (SSSR count). The van der Waals surface area contributed by atoms with Gasteiger partial charge < -0.3 is 11.1 Å². The third-order valence-electron chi connectivity index (χ3n) is 3.21. The number of nitrogens with two attached hydrogens (primary N) is 1. The number of benzene rings is 1. The quantitative estimate of drug-likeness (QED) is 0.807. The van der Waals surface area contributed by atoms with Gasteiger partial charge in [-0.1, -0.05) is 23.2 Å². The first-order valence-electron chi connectivity index (χ1n) is 5.89. The summed E-state index contributed by atoms with van der Waals surface area (Å²) in [5.74, 6) is -0.502. The molecule has 0 radical (unpaired) electrons. The molecular weight excluding hydrogens is 323 g/mol. The molecule has 1 atom stereocenters. The van der Waals surface area contributed by atoms with Crippen LogP contribution >= 0.6 is 23.2 Å². The maximum Gasteiger partial charge on any atom is 0.253 e. The molecule has 1 amide bonds. The molecule has 0 saturated carbocycles. The van der Waals surface area contributed by atoms with E-state index in [1.807, 2.05) is 0 Å². The SMILES string of the molecule is CC1(NC(=O)c2cc(N)cc(Cl)c2Cl)CCS(=O)(=O)C1. The Morgan fingerprint density at radius 3 is 2.60 bits per heavy atom. The minimum atomic E-state index is -3.11. The lowest BCUT2D eigenvalue weighted by atomic mass is 10.0. The second-order valence-electron chi connectivity index (χ2n) is 5.22. The van der Waals surface area contributed by atoms with Crippen LogP contribution in [0.1, 0.15) is 23.7 Å². The summed E-state index contributed by atoms with van der Waals surface area (Å²) in [6.07, 6.45) is 0.370. The van der Waals surface area contributed by atoms with Crippen LogP contribution in [-0.4, -0.2) is 31.4 Å². The number of hydrogen-bond donors (Lipinski definition) is 2. The number of carbonyl (C=O) groups excluding carboxylic acids is 1. The van der Waals surface area contributed by atoms with E-state index in [-0.39, 0.29) is 27.1 Å². The van der Waals surface area contributed by atoms with Crippen LogP contribution in [0.15, 0.2) is 12.1 Å². The minimum Gasteiger partial charge on any atom is -0.399 e. The van der Waals surface area contributed by atoms with Crippen molar-refractivity contribution >= 4 is 44.6 Å². The molecular formula is C12H14Cl2N2O3S. The number of hydrogen-bond acceptors (Lipinski definition) is 4. The summed E-state index contributed by atoms with van der Waals surface area (Å²) in [7, 11) is -3.11. The third kappa shape index (κ3) is 3.19. The van der Waals surface area contributed by atoms with E-state index >= 15 is 0 Å². The van der Waals surface area contributed by atoms with Crippen LogP contribution in [0.2, 0.25) is 10.0 Å². The van der Waals surface area contributed by atoms with E-state index in [0.29, 0.717) is 12.1 Å². The first kappa shape index (κ1) is 15.4. The van der Waals surface area contributed by atoms with Crippen molar-refractivity contribution in [3.05, 3.63) is 27.7 Å². The van der Waals surface area contributed by atoms with E-state index in [1.165, 1.54) is 12.1 Å². The molecule has 20 heavy (non-hydrogen) atoms. The maximum absolute atomic E-state index is 12.2. The van der Waals surface area contributed by atoms with Gasteiger partial charge in [0.15, 0.2) is 9.84 Å². The highest BCUT2D eigenvalue weighted by Gasteiger charge is 2.39. The van der Waals surface area contributed by atoms with Crippen molar-refractivity contribution in [2.45, 2.75) is 18.9 Å². The van der Waals surface area contributed by atoms with Crippen LogP contribution in [0.4, 0.5) is 5.69 Å². The second-order valence-corrected chi connectivity index (χ2v) is 8.19. The highest BCUT2D eigenvalue weighted by atomic mass is 35.5. The van der Waals surface area contributed by atoms with Crippen LogP contribution in [0.25, 0.3) is 0 Å². The molecule has 5 nitrogen and oxygen atoms in total. The molecule has 0 aliphatic carbocycles. The molecule has 0 aromatic heterocycles. The van der Waals surface area contributed by atoms with Gasteiger partial charge in [0.25, 0.3) is 5.91 Å². The van der Waals surface area contributed by atoms with Gasteiger partial charge in [0.2, 0.25) is 0 Å². The van der Waals surface area contributed by atoms with Gasteiger partial charge in [0.05, 0.1) is 32.7 Å². The zero-order valence-corrected chi connectivity index (χ0v) is 13.1. The molecule has 110 valence electrons. The zero-order valence-electron chi connectivity index (χ0n) is 10.7. The Bertz CT molecular complexity index is 676. The number of nitrogens with one attached hydrogen (secondary N) is 1. The normalized spacial score (nSPS) is 24.6. The van der Waals surface area contributed by atoms with Crippen molar-refractivity contribution < 1.29 is 13.2 Å². The predicted molar refractivity (Wildman–Crippen MR) is 80.0 cm³/mol. The predicted octanol–water partition coefficient (Wildman–Crippen LogP) is 1.88. The van der Waals surface area contributed by atoms with Gasteiger partial charge in [-0.2, -0.15) is 0 Å². The molecule has 0 spiro atoms. The Morgan fingerprint density at radius 1 is 1.40 bits per heavy atom. The summed E-state index contributed by atoms with van der Waals surface area (Å²) in [5.41, 5.74) is 5.29. The van der Waals surface area contributed by atoms with Gasteiger partial charge in [-0.25, -0.2) is 8.42 Å². The van der Waals surface area contributed by atoms with Gasteiger partial charge in [0.1, 0.15) is 0 Å². The number of carbonyl (C=O) groups is 1. The number of anilines is 1. The van der Waals surface area contributed by atoms with E-state index in [9.17, 15) is 13.2 Å². The van der Waals surface area contributed by atoms with Crippen LogP contribution in [-0.2, 0) is 9.84 Å². The van der Waals surface area contributed by atoms with Crippen molar-refractivity contribution in [1.82, 2.24) is 5.32 Å². The number of amides is 1. The summed E-state index contributed by atoms with van der Waals surface area (Å²) in [6.45, 7) is 1.69. The van der Waals surface area contributed by atoms with Crippen molar-refractivity contribution in [3.8, 4) is 0 Å². The largest absolute Gasteiger partial charge is 0.399 e. The van der Waals surface area contributed by atoms with E-state index in [1.54, 1.807) is 6.92 Å². The maximum atomic E-state index is 12.2. The molecule has 1 aromatic rings. The lowest BCUT2D eigenvalue weighted by Gasteiger charge is -2.24. The molecule has 1 unspecified atom stereocenters. The molecule has 1 fully saturated rings. The Labute approximate surface area is 127 Å². The van der Waals surface area contributed by atoms with E-state index in [2.05, 4.69) is 5.32 Å². The Hall–Kier alpha value is -0.980. The molecule has 0 bridgehead atoms. The van der Waals surface area contributed by atoms with Crippen molar-refractivity contribution in [2.24, 2.45) is 0 Å². The number of halogens is 2. The number of rotatable bonds is 2. The average Bonchev–Trinajstić information content (AvgIpc) is 2.57. The molecule has 1 aliphatic heterocycles. The highest BCUT2D eigenvalue weighted by Crippen LogP contribution is 2.30. The fraction of sp³-hybridized carbons (Fsp3) is 0.417. The highest BCUT2D eigenvalue weighted by molar-refractivity contribution is 7.91. The molecule has 1 heterocycles. The fourth-order valence-corrected chi connectivity index (χ4v) is 4.74. The van der Waals surface area contributed by atoms with Crippen molar-refractivity contribution in [2.75, 3.05) is 17.2 Å². The van der Waals surface area contributed by atoms with Crippen LogP contribution in [0, 0.1) is 0 Å². The van der Waals surface area contributed by atoms with Crippen LogP contribution < -0.4 is 11.1 Å². The lowest BCUT2D eigenvalue weighted by molar-refractivity contribution is 0.0915. The molecule has 1 aromatic carbocycles. The smallest absolute Gasteiger partial charge is 0.253 e. The molecule has 8 heteroatoms. The Balaban J connectivity index is 2.26. The summed E-state index contributed by atoms with van der Waals surface area (Å²) < 4.78 is 23.0. The van der Waals surface area contributed by atoms with Crippen LogP contribution in [0.5, 0.6) is 0 Å². The molecule has 1 aliphatic rings. The standard InChI is InChI=1S/C12H14Cl2N2O3S/c1-12(2-3-20(18,19)6-12)16-11(17)8-4-7(15)5-9(13)10(8)14/h4-5H,2-3,6,15H2,1H3,(H,16,17). The summed E-state index contributed by atoms with van der Waals surface area (Å²) in [5, 5.41) is 2.99. The van der Waals surface area contributed by atoms with Gasteiger partial charge in [-0.05, 0) is 25.5 Å². The summed E-state index contributed by atoms with van der Waals surface area (Å²) >= 11 is 11.9. The fourth-order valence-electron chi connectivity index (χ4n) is 2.23. The number of sulfone groups is 1. The van der Waals surface area contributed by atoms with Crippen LogP contribution in [0.3, 0.4) is 0 Å². The number of nitrogen functional groups attached to an aromatic ring is 1. The monoisotopic (exact) mass is 336 g/mol. The first-order chi connectivity index (χ1) is 9.12. The second kappa shape index (κ2) is 5.09. The van der Waals surface area contributed by atoms with Gasteiger partial charge in [-0.15, -0.1) is 0 Å². The summed E-state index contributed by atoms with van der Waals surface area (Å²) in [6, 6.07) is 2.86. The van der Waals surface area contributed by atoms with Gasteiger partial charge >= 0.3 is 0 Å². The Kier molecular flexibility index (Phi) is 3.92. The average molecular weight is 337 g/mol. The third-order valence-corrected chi connectivity index (χ3v) is 5.92. The van der Waals surface area contributed by atoms with Gasteiger partial charge in [0, 0.05) is 5.69 Å². The van der Waals surface area contributed by atoms with E-state index in [0.717, 1.165) is 0 Å². The first-order valence-corrected chi connectivity index (χ1v) is 8.47. The lowest BCUT2D eigenvalue weighted by Crippen LogP contribution is -2.47. The minimum absolute atomic E-state index is 0.0647. The zero-order chi connectivity index (χ0) is 15.1. The Morgan fingerprint density at radius 2 is 2.05 bits per heavy atom.